The molecule has 0 aromatic heterocycles. The molecule has 1 rings (SSSR count). The molecule has 0 amide bonds. The van der Waals surface area contributed by atoms with Crippen LogP contribution in [0.25, 0.3) is 0 Å². The van der Waals surface area contributed by atoms with Gasteiger partial charge in [-0.1, -0.05) is 51.1 Å². The number of rotatable bonds is 7. The van der Waals surface area contributed by atoms with Crippen molar-refractivity contribution in [1.82, 2.24) is 0 Å². The molecule has 1 aromatic carbocycles. The van der Waals surface area contributed by atoms with Crippen molar-refractivity contribution >= 4 is 8.32 Å². The molecule has 0 radical (unpaired) electrons. The summed E-state index contributed by atoms with van der Waals surface area (Å²) in [6.07, 6.45) is -0.134. The smallest absolute Gasteiger partial charge is 0.192 e. The number of hydrogen-bond donors (Lipinski definition) is 0. The summed E-state index contributed by atoms with van der Waals surface area (Å²) in [6.45, 7) is 15.7. The van der Waals surface area contributed by atoms with Crippen LogP contribution in [0.4, 0.5) is 0 Å². The van der Waals surface area contributed by atoms with E-state index in [0.29, 0.717) is 6.61 Å². The van der Waals surface area contributed by atoms with Crippen LogP contribution < -0.4 is 0 Å². The Labute approximate surface area is 137 Å². The summed E-state index contributed by atoms with van der Waals surface area (Å²) in [5.41, 5.74) is 1.12. The summed E-state index contributed by atoms with van der Waals surface area (Å²) in [7, 11) is -0.143. The van der Waals surface area contributed by atoms with Crippen LogP contribution in [0.5, 0.6) is 0 Å². The van der Waals surface area contributed by atoms with Crippen molar-refractivity contribution in [2.45, 2.75) is 64.6 Å². The van der Waals surface area contributed by atoms with Crippen LogP contribution in [0.2, 0.25) is 18.1 Å². The fourth-order valence-corrected chi connectivity index (χ4v) is 2.76. The molecule has 0 saturated heterocycles. The van der Waals surface area contributed by atoms with Gasteiger partial charge in [0.25, 0.3) is 0 Å². The summed E-state index contributed by atoms with van der Waals surface area (Å²) in [5, 5.41) is 0.186. The standard InChI is InChI=1S/C18H32O3Si/c1-17(2,3)22(7,8)20-14-16(21-18(4,5)19-6)15-12-10-9-11-13-15/h9-13,16H,14H2,1-8H3. The van der Waals surface area contributed by atoms with E-state index < -0.39 is 14.1 Å². The highest BCUT2D eigenvalue weighted by Crippen LogP contribution is 2.37. The minimum Gasteiger partial charge on any atom is -0.414 e. The molecule has 0 aliphatic carbocycles. The van der Waals surface area contributed by atoms with Gasteiger partial charge >= 0.3 is 0 Å². The van der Waals surface area contributed by atoms with Crippen molar-refractivity contribution in [3.8, 4) is 0 Å². The Morgan fingerprint density at radius 1 is 1.00 bits per heavy atom. The molecule has 0 aliphatic rings. The molecule has 0 fully saturated rings. The molecular formula is C18H32O3Si. The van der Waals surface area contributed by atoms with Crippen molar-refractivity contribution in [2.24, 2.45) is 0 Å². The zero-order chi connectivity index (χ0) is 17.0. The fraction of sp³-hybridized carbons (Fsp3) is 0.667. The van der Waals surface area contributed by atoms with Crippen molar-refractivity contribution in [1.29, 1.82) is 0 Å². The van der Waals surface area contributed by atoms with Crippen molar-refractivity contribution in [3.63, 3.8) is 0 Å². The average molecular weight is 325 g/mol. The highest BCUT2D eigenvalue weighted by Gasteiger charge is 2.38. The quantitative estimate of drug-likeness (QED) is 0.513. The molecule has 0 bridgehead atoms. The number of ether oxygens (including phenoxy) is 2. The lowest BCUT2D eigenvalue weighted by atomic mass is 10.1. The van der Waals surface area contributed by atoms with Gasteiger partial charge in [0.1, 0.15) is 6.10 Å². The van der Waals surface area contributed by atoms with Gasteiger partial charge in [-0.2, -0.15) is 0 Å². The van der Waals surface area contributed by atoms with E-state index >= 15 is 0 Å². The first-order chi connectivity index (χ1) is 9.98. The van der Waals surface area contributed by atoms with Gasteiger partial charge in [-0.25, -0.2) is 0 Å². The van der Waals surface area contributed by atoms with Crippen LogP contribution in [0.15, 0.2) is 30.3 Å². The molecule has 1 atom stereocenters. The Morgan fingerprint density at radius 3 is 2.00 bits per heavy atom. The average Bonchev–Trinajstić information content (AvgIpc) is 2.43. The van der Waals surface area contributed by atoms with E-state index in [1.54, 1.807) is 7.11 Å². The largest absolute Gasteiger partial charge is 0.414 e. The zero-order valence-electron chi connectivity index (χ0n) is 15.4. The monoisotopic (exact) mass is 324 g/mol. The summed E-state index contributed by atoms with van der Waals surface area (Å²) in [6, 6.07) is 10.2. The summed E-state index contributed by atoms with van der Waals surface area (Å²) < 4.78 is 17.9. The first-order valence-electron chi connectivity index (χ1n) is 7.90. The van der Waals surface area contributed by atoms with Gasteiger partial charge in [0.05, 0.1) is 6.61 Å². The zero-order valence-corrected chi connectivity index (χ0v) is 16.4. The Kier molecular flexibility index (Phi) is 6.39. The maximum Gasteiger partial charge on any atom is 0.192 e. The topological polar surface area (TPSA) is 27.7 Å². The molecule has 0 aliphatic heterocycles. The normalized spacial score (nSPS) is 14.9. The van der Waals surface area contributed by atoms with Gasteiger partial charge in [-0.15, -0.1) is 0 Å². The van der Waals surface area contributed by atoms with Gasteiger partial charge < -0.3 is 13.9 Å². The van der Waals surface area contributed by atoms with E-state index in [2.05, 4.69) is 46.0 Å². The van der Waals surface area contributed by atoms with Crippen LogP contribution in [0.3, 0.4) is 0 Å². The Morgan fingerprint density at radius 2 is 1.55 bits per heavy atom. The predicted molar refractivity (Wildman–Crippen MR) is 94.5 cm³/mol. The van der Waals surface area contributed by atoms with Gasteiger partial charge in [0, 0.05) is 7.11 Å². The van der Waals surface area contributed by atoms with E-state index in [9.17, 15) is 0 Å². The van der Waals surface area contributed by atoms with E-state index in [-0.39, 0.29) is 11.1 Å². The molecule has 1 aromatic rings. The Balaban J connectivity index is 2.89. The number of methoxy groups -OCH3 is 1. The molecule has 0 spiro atoms. The molecule has 0 saturated carbocycles. The minimum atomic E-state index is -1.81. The van der Waals surface area contributed by atoms with Gasteiger partial charge in [0.2, 0.25) is 0 Å². The summed E-state index contributed by atoms with van der Waals surface area (Å²) >= 11 is 0. The highest BCUT2D eigenvalue weighted by atomic mass is 28.4. The third-order valence-electron chi connectivity index (χ3n) is 4.49. The molecule has 22 heavy (non-hydrogen) atoms. The van der Waals surface area contributed by atoms with E-state index in [0.717, 1.165) is 5.56 Å². The van der Waals surface area contributed by atoms with Gasteiger partial charge in [-0.3, -0.25) is 0 Å². The fourth-order valence-electron chi connectivity index (χ4n) is 1.76. The maximum atomic E-state index is 6.36. The Bertz CT molecular complexity index is 449. The third-order valence-corrected chi connectivity index (χ3v) is 8.99. The second-order valence-electron chi connectivity index (χ2n) is 7.69. The first kappa shape index (κ1) is 19.4. The number of hydrogen-bond acceptors (Lipinski definition) is 3. The maximum absolute atomic E-state index is 6.36. The second-order valence-corrected chi connectivity index (χ2v) is 12.5. The van der Waals surface area contributed by atoms with E-state index in [4.69, 9.17) is 13.9 Å². The molecule has 1 unspecified atom stereocenters. The molecule has 126 valence electrons. The lowest BCUT2D eigenvalue weighted by molar-refractivity contribution is -0.230. The van der Waals surface area contributed by atoms with Crippen molar-refractivity contribution < 1.29 is 13.9 Å². The second kappa shape index (κ2) is 7.26. The van der Waals surface area contributed by atoms with Gasteiger partial charge in [0.15, 0.2) is 14.1 Å². The lowest BCUT2D eigenvalue weighted by Crippen LogP contribution is -2.42. The minimum absolute atomic E-state index is 0.134. The third kappa shape index (κ3) is 5.50. The van der Waals surface area contributed by atoms with Crippen LogP contribution in [-0.2, 0) is 13.9 Å². The van der Waals surface area contributed by atoms with Crippen LogP contribution in [-0.4, -0.2) is 27.8 Å². The molecule has 3 nitrogen and oxygen atoms in total. The lowest BCUT2D eigenvalue weighted by Gasteiger charge is -2.38. The molecule has 0 N–H and O–H groups in total. The first-order valence-corrected chi connectivity index (χ1v) is 10.8. The summed E-state index contributed by atoms with van der Waals surface area (Å²) in [5.74, 6) is -0.642. The summed E-state index contributed by atoms with van der Waals surface area (Å²) in [4.78, 5) is 0. The molecule has 4 heteroatoms. The number of benzene rings is 1. The SMILES string of the molecule is COC(C)(C)OC(CO[Si](C)(C)C(C)(C)C)c1ccccc1. The van der Waals surface area contributed by atoms with Crippen LogP contribution in [0, 0.1) is 0 Å². The Hall–Kier alpha value is -0.683. The predicted octanol–water partition coefficient (Wildman–Crippen LogP) is 5.15. The highest BCUT2D eigenvalue weighted by molar-refractivity contribution is 6.74. The van der Waals surface area contributed by atoms with E-state index in [1.807, 2.05) is 32.0 Å². The molecular weight excluding hydrogens is 292 g/mol. The van der Waals surface area contributed by atoms with Crippen LogP contribution >= 0.6 is 0 Å². The van der Waals surface area contributed by atoms with Crippen LogP contribution in [0.1, 0.15) is 46.3 Å². The van der Waals surface area contributed by atoms with Crippen molar-refractivity contribution in [3.05, 3.63) is 35.9 Å². The molecule has 0 heterocycles. The van der Waals surface area contributed by atoms with Gasteiger partial charge in [-0.05, 0) is 37.5 Å². The van der Waals surface area contributed by atoms with Crippen molar-refractivity contribution in [2.75, 3.05) is 13.7 Å². The van der Waals surface area contributed by atoms with E-state index in [1.165, 1.54) is 0 Å².